The van der Waals surface area contributed by atoms with E-state index in [1.165, 1.54) is 0 Å². The molecule has 0 saturated carbocycles. The van der Waals surface area contributed by atoms with Gasteiger partial charge in [0.2, 0.25) is 5.91 Å². The minimum atomic E-state index is -0.121. The molecule has 21 heavy (non-hydrogen) atoms. The minimum Gasteiger partial charge on any atom is -0.492 e. The van der Waals surface area contributed by atoms with Crippen LogP contribution in [0.15, 0.2) is 24.3 Å². The number of hydrogen-bond donors (Lipinski definition) is 1. The summed E-state index contributed by atoms with van der Waals surface area (Å²) >= 11 is 2.24. The normalized spacial score (nSPS) is 10.5. The second-order valence-corrected chi connectivity index (χ2v) is 5.70. The Bertz CT molecular complexity index is 652. The van der Waals surface area contributed by atoms with Crippen molar-refractivity contribution in [1.29, 1.82) is 0 Å². The number of para-hydroxylation sites is 2. The Kier molecular flexibility index (Phi) is 5.22. The topological polar surface area (TPSA) is 56.1 Å². The first-order chi connectivity index (χ1) is 10.0. The average molecular weight is 399 g/mol. The van der Waals surface area contributed by atoms with E-state index in [1.54, 1.807) is 4.68 Å². The van der Waals surface area contributed by atoms with Crippen molar-refractivity contribution in [1.82, 2.24) is 9.78 Å². The number of carbonyl (C=O) groups excluding carboxylic acids is 1. The molecule has 0 aliphatic rings. The first kappa shape index (κ1) is 15.8. The van der Waals surface area contributed by atoms with E-state index in [9.17, 15) is 4.79 Å². The Morgan fingerprint density at radius 3 is 2.71 bits per heavy atom. The highest BCUT2D eigenvalue weighted by Gasteiger charge is 2.13. The lowest BCUT2D eigenvalue weighted by molar-refractivity contribution is -0.117. The Hall–Kier alpha value is -1.57. The van der Waals surface area contributed by atoms with E-state index in [1.807, 2.05) is 45.0 Å². The summed E-state index contributed by atoms with van der Waals surface area (Å²) in [5.74, 6) is 0.556. The van der Waals surface area contributed by atoms with Crippen LogP contribution >= 0.6 is 22.6 Å². The number of nitrogens with zero attached hydrogens (tertiary/aromatic N) is 2. The minimum absolute atomic E-state index is 0.121. The van der Waals surface area contributed by atoms with Gasteiger partial charge in [-0.05, 0) is 55.5 Å². The van der Waals surface area contributed by atoms with Gasteiger partial charge in [-0.25, -0.2) is 0 Å². The molecule has 1 aromatic heterocycles. The van der Waals surface area contributed by atoms with Crippen molar-refractivity contribution in [3.8, 4) is 5.75 Å². The molecule has 0 atom stereocenters. The zero-order valence-electron chi connectivity index (χ0n) is 12.3. The van der Waals surface area contributed by atoms with Gasteiger partial charge in [0.15, 0.2) is 0 Å². The van der Waals surface area contributed by atoms with Gasteiger partial charge in [0.25, 0.3) is 0 Å². The number of anilines is 1. The van der Waals surface area contributed by atoms with E-state index in [0.717, 1.165) is 15.0 Å². The molecule has 0 unspecified atom stereocenters. The lowest BCUT2D eigenvalue weighted by atomic mass is 10.3. The van der Waals surface area contributed by atoms with Gasteiger partial charge < -0.3 is 10.1 Å². The average Bonchev–Trinajstić information content (AvgIpc) is 2.69. The third-order valence-electron chi connectivity index (χ3n) is 3.05. The van der Waals surface area contributed by atoms with E-state index in [2.05, 4.69) is 33.0 Å². The van der Waals surface area contributed by atoms with E-state index < -0.39 is 0 Å². The van der Waals surface area contributed by atoms with Crippen LogP contribution in [-0.4, -0.2) is 22.3 Å². The lowest BCUT2D eigenvalue weighted by Gasteiger charge is -2.11. The molecule has 2 rings (SSSR count). The van der Waals surface area contributed by atoms with Gasteiger partial charge in [0, 0.05) is 5.69 Å². The second-order valence-electron chi connectivity index (χ2n) is 4.62. The largest absolute Gasteiger partial charge is 0.492 e. The molecule has 0 radical (unpaired) electrons. The Morgan fingerprint density at radius 2 is 2.10 bits per heavy atom. The first-order valence-electron chi connectivity index (χ1n) is 6.74. The molecule has 0 fully saturated rings. The number of halogens is 1. The first-order valence-corrected chi connectivity index (χ1v) is 7.82. The molecular weight excluding hydrogens is 381 g/mol. The fourth-order valence-corrected chi connectivity index (χ4v) is 2.39. The number of benzene rings is 1. The van der Waals surface area contributed by atoms with Crippen LogP contribution in [0.25, 0.3) is 0 Å². The highest BCUT2D eigenvalue weighted by Crippen LogP contribution is 2.23. The molecule has 1 amide bonds. The molecule has 1 N–H and O–H groups in total. The van der Waals surface area contributed by atoms with Crippen LogP contribution in [0.2, 0.25) is 0 Å². The van der Waals surface area contributed by atoms with Gasteiger partial charge in [-0.3, -0.25) is 9.48 Å². The summed E-state index contributed by atoms with van der Waals surface area (Å²) in [5.41, 5.74) is 2.62. The molecule has 1 aromatic carbocycles. The second kappa shape index (κ2) is 6.93. The van der Waals surface area contributed by atoms with Crippen LogP contribution in [0, 0.1) is 17.4 Å². The van der Waals surface area contributed by atoms with E-state index in [4.69, 9.17) is 4.74 Å². The third kappa shape index (κ3) is 3.75. The maximum Gasteiger partial charge on any atom is 0.246 e. The van der Waals surface area contributed by atoms with Gasteiger partial charge >= 0.3 is 0 Å². The van der Waals surface area contributed by atoms with Crippen LogP contribution in [-0.2, 0) is 11.3 Å². The van der Waals surface area contributed by atoms with Crippen LogP contribution < -0.4 is 10.1 Å². The molecule has 0 saturated heterocycles. The van der Waals surface area contributed by atoms with Gasteiger partial charge in [-0.1, -0.05) is 12.1 Å². The highest BCUT2D eigenvalue weighted by molar-refractivity contribution is 14.1. The standard InChI is InChI=1S/C15H18IN3O2/c1-4-21-13-8-6-5-7-12(13)17-14(20)9-19-11(3)15(16)10(2)18-19/h5-8H,4,9H2,1-3H3,(H,17,20). The summed E-state index contributed by atoms with van der Waals surface area (Å²) in [4.78, 5) is 12.2. The summed E-state index contributed by atoms with van der Waals surface area (Å²) in [6, 6.07) is 7.41. The fourth-order valence-electron chi connectivity index (χ4n) is 2.01. The van der Waals surface area contributed by atoms with Gasteiger partial charge in [0.1, 0.15) is 12.3 Å². The number of aromatic nitrogens is 2. The molecule has 1 heterocycles. The van der Waals surface area contributed by atoms with E-state index in [-0.39, 0.29) is 12.5 Å². The number of aryl methyl sites for hydroxylation is 1. The summed E-state index contributed by atoms with van der Waals surface area (Å²) in [7, 11) is 0. The molecular formula is C15H18IN3O2. The van der Waals surface area contributed by atoms with Gasteiger partial charge in [0.05, 0.1) is 21.6 Å². The quantitative estimate of drug-likeness (QED) is 0.787. The Balaban J connectivity index is 2.10. The zero-order chi connectivity index (χ0) is 15.4. The molecule has 0 bridgehead atoms. The number of rotatable bonds is 5. The van der Waals surface area contributed by atoms with Crippen LogP contribution in [0.1, 0.15) is 18.3 Å². The maximum atomic E-state index is 12.2. The zero-order valence-corrected chi connectivity index (χ0v) is 14.5. The Morgan fingerprint density at radius 1 is 1.38 bits per heavy atom. The molecule has 0 aliphatic heterocycles. The molecule has 112 valence electrons. The molecule has 5 nitrogen and oxygen atoms in total. The van der Waals surface area contributed by atoms with Crippen molar-refractivity contribution >= 4 is 34.2 Å². The summed E-state index contributed by atoms with van der Waals surface area (Å²) in [6.07, 6.45) is 0. The number of amides is 1. The van der Waals surface area contributed by atoms with E-state index in [0.29, 0.717) is 18.0 Å². The monoisotopic (exact) mass is 399 g/mol. The molecule has 6 heteroatoms. The lowest BCUT2D eigenvalue weighted by Crippen LogP contribution is -2.20. The summed E-state index contributed by atoms with van der Waals surface area (Å²) < 4.78 is 8.31. The summed E-state index contributed by atoms with van der Waals surface area (Å²) in [5, 5.41) is 7.24. The smallest absolute Gasteiger partial charge is 0.246 e. The maximum absolute atomic E-state index is 12.2. The SMILES string of the molecule is CCOc1ccccc1NC(=O)Cn1nc(C)c(I)c1C. The highest BCUT2D eigenvalue weighted by atomic mass is 127. The van der Waals surface area contributed by atoms with Crippen LogP contribution in [0.5, 0.6) is 5.75 Å². The van der Waals surface area contributed by atoms with Crippen molar-refractivity contribution in [2.75, 3.05) is 11.9 Å². The molecule has 2 aromatic rings. The molecule has 0 spiro atoms. The Labute approximate surface area is 137 Å². The van der Waals surface area contributed by atoms with Crippen LogP contribution in [0.4, 0.5) is 5.69 Å². The van der Waals surface area contributed by atoms with Gasteiger partial charge in [-0.15, -0.1) is 0 Å². The number of ether oxygens (including phenoxy) is 1. The fraction of sp³-hybridized carbons (Fsp3) is 0.333. The van der Waals surface area contributed by atoms with Crippen molar-refractivity contribution in [2.45, 2.75) is 27.3 Å². The van der Waals surface area contributed by atoms with Crippen molar-refractivity contribution in [3.05, 3.63) is 39.2 Å². The van der Waals surface area contributed by atoms with Crippen LogP contribution in [0.3, 0.4) is 0 Å². The predicted molar refractivity (Wildman–Crippen MR) is 90.7 cm³/mol. The number of hydrogen-bond acceptors (Lipinski definition) is 3. The van der Waals surface area contributed by atoms with Crippen molar-refractivity contribution < 1.29 is 9.53 Å². The summed E-state index contributed by atoms with van der Waals surface area (Å²) in [6.45, 7) is 6.56. The number of carbonyl (C=O) groups is 1. The third-order valence-corrected chi connectivity index (χ3v) is 4.61. The number of nitrogens with one attached hydrogen (secondary N) is 1. The predicted octanol–water partition coefficient (Wildman–Crippen LogP) is 3.14. The molecule has 0 aliphatic carbocycles. The van der Waals surface area contributed by atoms with Gasteiger partial charge in [-0.2, -0.15) is 5.10 Å². The van der Waals surface area contributed by atoms with E-state index >= 15 is 0 Å². The van der Waals surface area contributed by atoms with Crippen molar-refractivity contribution in [2.24, 2.45) is 0 Å². The van der Waals surface area contributed by atoms with Crippen molar-refractivity contribution in [3.63, 3.8) is 0 Å².